The third-order valence-electron chi connectivity index (χ3n) is 3.05. The van der Waals surface area contributed by atoms with Gasteiger partial charge in [-0.3, -0.25) is 5.41 Å². The molecule has 0 unspecified atom stereocenters. The maximum absolute atomic E-state index is 7.43. The number of nitrogens with one attached hydrogen (secondary N) is 1. The fourth-order valence-electron chi connectivity index (χ4n) is 1.94. The molecule has 3 N–H and O–H groups in total. The van der Waals surface area contributed by atoms with Crippen LogP contribution in [-0.4, -0.2) is 18.9 Å². The van der Waals surface area contributed by atoms with Gasteiger partial charge < -0.3 is 10.6 Å². The Morgan fingerprint density at radius 1 is 1.38 bits per heavy atom. The molecular formula is C13H21N3. The van der Waals surface area contributed by atoms with Crippen molar-refractivity contribution < 1.29 is 0 Å². The molecule has 3 nitrogen and oxygen atoms in total. The van der Waals surface area contributed by atoms with Gasteiger partial charge in [0.25, 0.3) is 0 Å². The average Bonchev–Trinajstić information content (AvgIpc) is 2.30. The van der Waals surface area contributed by atoms with Crippen molar-refractivity contribution in [2.24, 2.45) is 5.73 Å². The molecule has 1 aromatic rings. The molecule has 0 aliphatic rings. The van der Waals surface area contributed by atoms with Gasteiger partial charge in [0.15, 0.2) is 0 Å². The molecule has 0 bridgehead atoms. The summed E-state index contributed by atoms with van der Waals surface area (Å²) >= 11 is 0. The van der Waals surface area contributed by atoms with Gasteiger partial charge in [0, 0.05) is 24.3 Å². The molecule has 0 radical (unpaired) electrons. The first kappa shape index (κ1) is 12.6. The van der Waals surface area contributed by atoms with Crippen LogP contribution in [0.15, 0.2) is 24.3 Å². The van der Waals surface area contributed by atoms with E-state index in [0.717, 1.165) is 24.1 Å². The molecule has 0 spiro atoms. The van der Waals surface area contributed by atoms with Crippen LogP contribution in [0.1, 0.15) is 32.3 Å². The third-order valence-corrected chi connectivity index (χ3v) is 3.05. The normalized spacial score (nSPS) is 10.5. The topological polar surface area (TPSA) is 53.1 Å². The zero-order chi connectivity index (χ0) is 12.1. The van der Waals surface area contributed by atoms with E-state index in [1.165, 1.54) is 0 Å². The van der Waals surface area contributed by atoms with Gasteiger partial charge in [0.2, 0.25) is 0 Å². The molecule has 0 amide bonds. The lowest BCUT2D eigenvalue weighted by atomic mass is 10.1. The monoisotopic (exact) mass is 219 g/mol. The van der Waals surface area contributed by atoms with Gasteiger partial charge in [-0.05, 0) is 25.0 Å². The Bertz CT molecular complexity index is 356. The summed E-state index contributed by atoms with van der Waals surface area (Å²) in [6.45, 7) is 4.39. The largest absolute Gasteiger partial charge is 0.384 e. The predicted octanol–water partition coefficient (Wildman–Crippen LogP) is 2.60. The summed E-state index contributed by atoms with van der Waals surface area (Å²) < 4.78 is 0. The lowest BCUT2D eigenvalue weighted by Crippen LogP contribution is -2.30. The fraction of sp³-hybridized carbons (Fsp3) is 0.462. The molecule has 0 atom stereocenters. The fourth-order valence-corrected chi connectivity index (χ4v) is 1.94. The van der Waals surface area contributed by atoms with E-state index < -0.39 is 0 Å². The minimum atomic E-state index is 0.125. The Morgan fingerprint density at radius 2 is 2.00 bits per heavy atom. The van der Waals surface area contributed by atoms with Gasteiger partial charge in [-0.1, -0.05) is 26.0 Å². The Labute approximate surface area is 97.8 Å². The van der Waals surface area contributed by atoms with Crippen molar-refractivity contribution in [3.8, 4) is 0 Å². The molecule has 0 saturated heterocycles. The zero-order valence-corrected chi connectivity index (χ0v) is 10.3. The summed E-state index contributed by atoms with van der Waals surface area (Å²) in [7, 11) is 2.09. The van der Waals surface area contributed by atoms with E-state index in [2.05, 4.69) is 31.9 Å². The van der Waals surface area contributed by atoms with Gasteiger partial charge in [-0.2, -0.15) is 0 Å². The number of nitrogens with zero attached hydrogens (tertiary/aromatic N) is 1. The highest BCUT2D eigenvalue weighted by Gasteiger charge is 2.11. The summed E-state index contributed by atoms with van der Waals surface area (Å²) in [5.74, 6) is 0.125. The number of hydrogen-bond donors (Lipinski definition) is 2. The molecule has 0 aliphatic heterocycles. The Balaban J connectivity index is 2.94. The molecule has 16 heavy (non-hydrogen) atoms. The van der Waals surface area contributed by atoms with Crippen molar-refractivity contribution >= 4 is 11.5 Å². The number of rotatable bonds is 5. The second-order valence-electron chi connectivity index (χ2n) is 4.05. The van der Waals surface area contributed by atoms with Crippen LogP contribution in [0.5, 0.6) is 0 Å². The number of nitrogens with two attached hydrogens (primary N) is 1. The van der Waals surface area contributed by atoms with Crippen molar-refractivity contribution in [2.45, 2.75) is 32.7 Å². The van der Waals surface area contributed by atoms with E-state index in [4.69, 9.17) is 11.1 Å². The quantitative estimate of drug-likeness (QED) is 0.591. The van der Waals surface area contributed by atoms with E-state index in [1.807, 2.05) is 18.2 Å². The summed E-state index contributed by atoms with van der Waals surface area (Å²) in [5.41, 5.74) is 7.40. The molecule has 1 rings (SSSR count). The molecule has 0 aliphatic carbocycles. The first-order valence-electron chi connectivity index (χ1n) is 5.77. The molecule has 1 aromatic carbocycles. The van der Waals surface area contributed by atoms with E-state index in [1.54, 1.807) is 0 Å². The Hall–Kier alpha value is -1.51. The number of benzene rings is 1. The van der Waals surface area contributed by atoms with E-state index in [9.17, 15) is 0 Å². The first-order valence-corrected chi connectivity index (χ1v) is 5.77. The molecule has 0 heterocycles. The van der Waals surface area contributed by atoms with Crippen molar-refractivity contribution in [1.82, 2.24) is 0 Å². The second kappa shape index (κ2) is 5.54. The maximum Gasteiger partial charge on any atom is 0.122 e. The number of nitrogen functional groups attached to an aromatic ring is 1. The Morgan fingerprint density at radius 3 is 2.50 bits per heavy atom. The standard InChI is InChI=1S/C13H21N3/c1-4-11(5-2)16(3)12-8-6-7-10(9-12)13(14)15/h6-9,11H,4-5H2,1-3H3,(H3,14,15). The Kier molecular flexibility index (Phi) is 4.35. The summed E-state index contributed by atoms with van der Waals surface area (Å²) in [4.78, 5) is 2.26. The average molecular weight is 219 g/mol. The van der Waals surface area contributed by atoms with E-state index in [0.29, 0.717) is 6.04 Å². The first-order chi connectivity index (χ1) is 7.60. The summed E-state index contributed by atoms with van der Waals surface area (Å²) in [6.07, 6.45) is 2.24. The van der Waals surface area contributed by atoms with Gasteiger partial charge in [0.1, 0.15) is 5.84 Å². The number of anilines is 1. The third kappa shape index (κ3) is 2.75. The van der Waals surface area contributed by atoms with Crippen molar-refractivity contribution in [3.63, 3.8) is 0 Å². The zero-order valence-electron chi connectivity index (χ0n) is 10.3. The van der Waals surface area contributed by atoms with Crippen molar-refractivity contribution in [2.75, 3.05) is 11.9 Å². The van der Waals surface area contributed by atoms with Crippen LogP contribution in [0, 0.1) is 5.41 Å². The summed E-state index contributed by atoms with van der Waals surface area (Å²) in [6, 6.07) is 8.39. The summed E-state index contributed by atoms with van der Waals surface area (Å²) in [5, 5.41) is 7.43. The van der Waals surface area contributed by atoms with Crippen molar-refractivity contribution in [1.29, 1.82) is 5.41 Å². The van der Waals surface area contributed by atoms with Gasteiger partial charge in [0.05, 0.1) is 0 Å². The van der Waals surface area contributed by atoms with Gasteiger partial charge in [-0.15, -0.1) is 0 Å². The van der Waals surface area contributed by atoms with Crippen LogP contribution in [0.25, 0.3) is 0 Å². The van der Waals surface area contributed by atoms with Crippen LogP contribution in [0.2, 0.25) is 0 Å². The second-order valence-corrected chi connectivity index (χ2v) is 4.05. The van der Waals surface area contributed by atoms with Crippen LogP contribution in [0.3, 0.4) is 0 Å². The van der Waals surface area contributed by atoms with E-state index in [-0.39, 0.29) is 5.84 Å². The van der Waals surface area contributed by atoms with Gasteiger partial charge in [-0.25, -0.2) is 0 Å². The minimum Gasteiger partial charge on any atom is -0.384 e. The SMILES string of the molecule is CCC(CC)N(C)c1cccc(C(=N)N)c1. The molecule has 88 valence electrons. The van der Waals surface area contributed by atoms with Gasteiger partial charge >= 0.3 is 0 Å². The molecule has 3 heteroatoms. The predicted molar refractivity (Wildman–Crippen MR) is 70.2 cm³/mol. The number of amidine groups is 1. The van der Waals surface area contributed by atoms with E-state index >= 15 is 0 Å². The minimum absolute atomic E-state index is 0.125. The van der Waals surface area contributed by atoms with Crippen LogP contribution in [-0.2, 0) is 0 Å². The lowest BCUT2D eigenvalue weighted by molar-refractivity contribution is 0.591. The molecule has 0 saturated carbocycles. The number of hydrogen-bond acceptors (Lipinski definition) is 2. The smallest absolute Gasteiger partial charge is 0.122 e. The van der Waals surface area contributed by atoms with Crippen LogP contribution < -0.4 is 10.6 Å². The molecule has 0 aromatic heterocycles. The van der Waals surface area contributed by atoms with Crippen LogP contribution in [0.4, 0.5) is 5.69 Å². The van der Waals surface area contributed by atoms with Crippen LogP contribution >= 0.6 is 0 Å². The lowest BCUT2D eigenvalue weighted by Gasteiger charge is -2.28. The highest BCUT2D eigenvalue weighted by atomic mass is 15.1. The van der Waals surface area contributed by atoms with Crippen molar-refractivity contribution in [3.05, 3.63) is 29.8 Å². The maximum atomic E-state index is 7.43. The highest BCUT2D eigenvalue weighted by Crippen LogP contribution is 2.19. The highest BCUT2D eigenvalue weighted by molar-refractivity contribution is 5.95. The molecule has 0 fully saturated rings. The molecular weight excluding hydrogens is 198 g/mol.